The molecule has 0 bridgehead atoms. The molecule has 1 fully saturated rings. The minimum Gasteiger partial charge on any atom is -0.356 e. The Bertz CT molecular complexity index is 821. The number of benzene rings is 1. The summed E-state index contributed by atoms with van der Waals surface area (Å²) in [7, 11) is 0. The molecule has 0 aliphatic carbocycles. The van der Waals surface area contributed by atoms with Gasteiger partial charge in [0.05, 0.1) is 5.92 Å². The molecule has 1 saturated heterocycles. The Morgan fingerprint density at radius 1 is 1.10 bits per heavy atom. The number of anilines is 1. The second-order valence-electron chi connectivity index (χ2n) is 7.34. The van der Waals surface area contributed by atoms with E-state index in [-0.39, 0.29) is 17.7 Å². The van der Waals surface area contributed by atoms with Gasteiger partial charge in [-0.1, -0.05) is 36.4 Å². The maximum absolute atomic E-state index is 12.7. The fourth-order valence-corrected chi connectivity index (χ4v) is 3.77. The zero-order valence-corrected chi connectivity index (χ0v) is 17.3. The summed E-state index contributed by atoms with van der Waals surface area (Å²) in [4.78, 5) is 33.9. The van der Waals surface area contributed by atoms with Crippen LogP contribution in [0.1, 0.15) is 42.7 Å². The SMILES string of the molecule is CCN(CC)C(=O)C1CCCN(c2cccc(C(=O)NCc3ccccc3)n2)C1. The lowest BCUT2D eigenvalue weighted by atomic mass is 9.96. The first-order valence-electron chi connectivity index (χ1n) is 10.4. The molecule has 1 aliphatic rings. The zero-order valence-electron chi connectivity index (χ0n) is 17.3. The molecule has 0 radical (unpaired) electrons. The highest BCUT2D eigenvalue weighted by molar-refractivity contribution is 5.92. The van der Waals surface area contributed by atoms with Crippen LogP contribution in [0, 0.1) is 5.92 Å². The van der Waals surface area contributed by atoms with E-state index in [0.29, 0.717) is 18.8 Å². The third kappa shape index (κ3) is 5.34. The van der Waals surface area contributed by atoms with Crippen molar-refractivity contribution in [3.63, 3.8) is 0 Å². The minimum atomic E-state index is -0.191. The standard InChI is InChI=1S/C23H30N4O2/c1-3-26(4-2)23(29)19-12-9-15-27(17-19)21-14-8-13-20(25-21)22(28)24-16-18-10-6-5-7-11-18/h5-8,10-11,13-14,19H,3-4,9,12,15-17H2,1-2H3,(H,24,28). The predicted octanol–water partition coefficient (Wildman–Crippen LogP) is 3.10. The first-order chi connectivity index (χ1) is 14.1. The van der Waals surface area contributed by atoms with E-state index in [0.717, 1.165) is 43.9 Å². The lowest BCUT2D eigenvalue weighted by Crippen LogP contribution is -2.45. The van der Waals surface area contributed by atoms with Crippen LogP contribution in [0.4, 0.5) is 5.82 Å². The number of rotatable bonds is 7. The minimum absolute atomic E-state index is 0.0130. The Labute approximate surface area is 172 Å². The van der Waals surface area contributed by atoms with E-state index in [4.69, 9.17) is 0 Å². The van der Waals surface area contributed by atoms with Crippen molar-refractivity contribution < 1.29 is 9.59 Å². The van der Waals surface area contributed by atoms with Gasteiger partial charge in [0.1, 0.15) is 11.5 Å². The van der Waals surface area contributed by atoms with Crippen LogP contribution in [0.3, 0.4) is 0 Å². The number of nitrogens with zero attached hydrogens (tertiary/aromatic N) is 3. The molecular formula is C23H30N4O2. The number of carbonyl (C=O) groups excluding carboxylic acids is 2. The maximum Gasteiger partial charge on any atom is 0.270 e. The van der Waals surface area contributed by atoms with Crippen LogP contribution in [-0.2, 0) is 11.3 Å². The van der Waals surface area contributed by atoms with Crippen LogP contribution < -0.4 is 10.2 Å². The molecule has 3 rings (SSSR count). The number of hydrogen-bond acceptors (Lipinski definition) is 4. The predicted molar refractivity (Wildman–Crippen MR) is 115 cm³/mol. The quantitative estimate of drug-likeness (QED) is 0.784. The summed E-state index contributed by atoms with van der Waals surface area (Å²) in [5.41, 5.74) is 1.45. The van der Waals surface area contributed by atoms with Gasteiger partial charge >= 0.3 is 0 Å². The Kier molecular flexibility index (Phi) is 7.22. The van der Waals surface area contributed by atoms with Gasteiger partial charge in [-0.15, -0.1) is 0 Å². The number of piperidine rings is 1. The Morgan fingerprint density at radius 3 is 2.59 bits per heavy atom. The Morgan fingerprint density at radius 2 is 1.86 bits per heavy atom. The fourth-order valence-electron chi connectivity index (χ4n) is 3.77. The molecule has 6 nitrogen and oxygen atoms in total. The molecule has 6 heteroatoms. The largest absolute Gasteiger partial charge is 0.356 e. The van der Waals surface area contributed by atoms with Gasteiger partial charge < -0.3 is 15.1 Å². The first kappa shape index (κ1) is 20.8. The molecule has 1 unspecified atom stereocenters. The zero-order chi connectivity index (χ0) is 20.6. The molecular weight excluding hydrogens is 364 g/mol. The average Bonchev–Trinajstić information content (AvgIpc) is 2.79. The highest BCUT2D eigenvalue weighted by Gasteiger charge is 2.29. The molecule has 1 aromatic heterocycles. The van der Waals surface area contributed by atoms with Crippen molar-refractivity contribution in [3.8, 4) is 0 Å². The summed E-state index contributed by atoms with van der Waals surface area (Å²) in [6.45, 7) is 7.47. The van der Waals surface area contributed by atoms with E-state index in [2.05, 4.69) is 15.2 Å². The summed E-state index contributed by atoms with van der Waals surface area (Å²) in [5, 5.41) is 2.92. The van der Waals surface area contributed by atoms with Crippen LogP contribution >= 0.6 is 0 Å². The Hall–Kier alpha value is -2.89. The van der Waals surface area contributed by atoms with E-state index in [1.807, 2.05) is 61.2 Å². The van der Waals surface area contributed by atoms with E-state index in [9.17, 15) is 9.59 Å². The van der Waals surface area contributed by atoms with Crippen LogP contribution in [0.2, 0.25) is 0 Å². The average molecular weight is 395 g/mol. The van der Waals surface area contributed by atoms with Crippen LogP contribution in [0.25, 0.3) is 0 Å². The number of pyridine rings is 1. The number of hydrogen-bond donors (Lipinski definition) is 1. The topological polar surface area (TPSA) is 65.5 Å². The Balaban J connectivity index is 1.65. The smallest absolute Gasteiger partial charge is 0.270 e. The molecule has 2 aromatic rings. The maximum atomic E-state index is 12.7. The number of nitrogens with one attached hydrogen (secondary N) is 1. The first-order valence-corrected chi connectivity index (χ1v) is 10.4. The fraction of sp³-hybridized carbons (Fsp3) is 0.435. The van der Waals surface area contributed by atoms with E-state index < -0.39 is 0 Å². The van der Waals surface area contributed by atoms with Gasteiger partial charge in [-0.3, -0.25) is 9.59 Å². The van der Waals surface area contributed by atoms with Gasteiger partial charge in [0, 0.05) is 32.7 Å². The summed E-state index contributed by atoms with van der Waals surface area (Å²) in [6, 6.07) is 15.3. The monoisotopic (exact) mass is 394 g/mol. The summed E-state index contributed by atoms with van der Waals surface area (Å²) >= 11 is 0. The van der Waals surface area contributed by atoms with Gasteiger partial charge in [-0.05, 0) is 44.4 Å². The van der Waals surface area contributed by atoms with Crippen molar-refractivity contribution in [2.45, 2.75) is 33.2 Å². The third-order valence-electron chi connectivity index (χ3n) is 5.43. The molecule has 1 atom stereocenters. The van der Waals surface area contributed by atoms with E-state index in [1.165, 1.54) is 0 Å². The second kappa shape index (κ2) is 10.0. The van der Waals surface area contributed by atoms with Crippen molar-refractivity contribution >= 4 is 17.6 Å². The lowest BCUT2D eigenvalue weighted by Gasteiger charge is -2.35. The highest BCUT2D eigenvalue weighted by Crippen LogP contribution is 2.23. The number of aromatic nitrogens is 1. The van der Waals surface area contributed by atoms with Gasteiger partial charge in [0.2, 0.25) is 5.91 Å². The molecule has 154 valence electrons. The molecule has 0 saturated carbocycles. The van der Waals surface area contributed by atoms with Gasteiger partial charge in [-0.2, -0.15) is 0 Å². The van der Waals surface area contributed by atoms with Crippen molar-refractivity contribution in [1.29, 1.82) is 0 Å². The van der Waals surface area contributed by atoms with Crippen LogP contribution in [0.5, 0.6) is 0 Å². The molecule has 1 N–H and O–H groups in total. The van der Waals surface area contributed by atoms with Crippen molar-refractivity contribution in [3.05, 3.63) is 59.8 Å². The molecule has 2 amide bonds. The lowest BCUT2D eigenvalue weighted by molar-refractivity contribution is -0.135. The second-order valence-corrected chi connectivity index (χ2v) is 7.34. The molecule has 29 heavy (non-hydrogen) atoms. The van der Waals surface area contributed by atoms with E-state index >= 15 is 0 Å². The van der Waals surface area contributed by atoms with Gasteiger partial charge in [0.15, 0.2) is 0 Å². The summed E-state index contributed by atoms with van der Waals surface area (Å²) in [6.07, 6.45) is 1.85. The van der Waals surface area contributed by atoms with Crippen LogP contribution in [-0.4, -0.2) is 47.9 Å². The van der Waals surface area contributed by atoms with Gasteiger partial charge in [0.25, 0.3) is 5.91 Å². The highest BCUT2D eigenvalue weighted by atomic mass is 16.2. The van der Waals surface area contributed by atoms with Crippen molar-refractivity contribution in [2.24, 2.45) is 5.92 Å². The summed E-state index contributed by atoms with van der Waals surface area (Å²) in [5.74, 6) is 0.773. The third-order valence-corrected chi connectivity index (χ3v) is 5.43. The molecule has 2 heterocycles. The molecule has 1 aliphatic heterocycles. The molecule has 0 spiro atoms. The van der Waals surface area contributed by atoms with Gasteiger partial charge in [-0.25, -0.2) is 4.98 Å². The molecule has 1 aromatic carbocycles. The number of amides is 2. The summed E-state index contributed by atoms with van der Waals surface area (Å²) < 4.78 is 0. The number of carbonyl (C=O) groups is 2. The normalized spacial score (nSPS) is 16.3. The van der Waals surface area contributed by atoms with Crippen molar-refractivity contribution in [1.82, 2.24) is 15.2 Å². The van der Waals surface area contributed by atoms with E-state index in [1.54, 1.807) is 6.07 Å². The van der Waals surface area contributed by atoms with Crippen LogP contribution in [0.15, 0.2) is 48.5 Å². The van der Waals surface area contributed by atoms with Crippen molar-refractivity contribution in [2.75, 3.05) is 31.1 Å².